The maximum atomic E-state index is 12.2. The molecule has 0 radical (unpaired) electrons. The minimum atomic E-state index is -0.197. The van der Waals surface area contributed by atoms with E-state index in [0.717, 1.165) is 22.4 Å². The summed E-state index contributed by atoms with van der Waals surface area (Å²) in [6.07, 6.45) is 0. The van der Waals surface area contributed by atoms with E-state index >= 15 is 0 Å². The van der Waals surface area contributed by atoms with Crippen LogP contribution in [-0.4, -0.2) is 44.9 Å². The maximum absolute atomic E-state index is 12.2. The average molecular weight is 352 g/mol. The standard InChI is InChI=1S/C18H16N4O2S/c23-16(9-22-11-25-10-17(22)24)19-13-5-3-4-12(8-13)18-20-14-6-1-2-7-15(14)21-18/h1-8H,9-11H2,(H,19,23)(H,20,21). The van der Waals surface area contributed by atoms with E-state index in [4.69, 9.17) is 0 Å². The van der Waals surface area contributed by atoms with Gasteiger partial charge in [-0.25, -0.2) is 4.98 Å². The van der Waals surface area contributed by atoms with Gasteiger partial charge in [-0.2, -0.15) is 0 Å². The number of thioether (sulfide) groups is 1. The molecule has 1 aliphatic rings. The first-order valence-corrected chi connectivity index (χ1v) is 9.05. The summed E-state index contributed by atoms with van der Waals surface area (Å²) in [7, 11) is 0. The molecule has 2 heterocycles. The lowest BCUT2D eigenvalue weighted by Crippen LogP contribution is -2.34. The van der Waals surface area contributed by atoms with Crippen LogP contribution >= 0.6 is 11.8 Å². The fourth-order valence-corrected chi connectivity index (χ4v) is 3.65. The zero-order valence-electron chi connectivity index (χ0n) is 13.4. The summed E-state index contributed by atoms with van der Waals surface area (Å²) in [4.78, 5) is 33.2. The average Bonchev–Trinajstić information content (AvgIpc) is 3.21. The van der Waals surface area contributed by atoms with Gasteiger partial charge in [-0.3, -0.25) is 9.59 Å². The van der Waals surface area contributed by atoms with Crippen LogP contribution in [0.3, 0.4) is 0 Å². The molecule has 0 spiro atoms. The summed E-state index contributed by atoms with van der Waals surface area (Å²) in [6.45, 7) is 0.0840. The molecule has 7 heteroatoms. The molecule has 2 aromatic carbocycles. The largest absolute Gasteiger partial charge is 0.338 e. The molecular weight excluding hydrogens is 336 g/mol. The lowest BCUT2D eigenvalue weighted by Gasteiger charge is -2.14. The van der Waals surface area contributed by atoms with Crippen molar-refractivity contribution in [2.24, 2.45) is 0 Å². The number of amides is 2. The van der Waals surface area contributed by atoms with Gasteiger partial charge >= 0.3 is 0 Å². The van der Waals surface area contributed by atoms with Gasteiger partial charge in [-0.05, 0) is 24.3 Å². The van der Waals surface area contributed by atoms with Crippen molar-refractivity contribution in [3.05, 3.63) is 48.5 Å². The van der Waals surface area contributed by atoms with E-state index in [1.165, 1.54) is 11.8 Å². The topological polar surface area (TPSA) is 78.1 Å². The number of nitrogens with zero attached hydrogens (tertiary/aromatic N) is 2. The normalized spacial score (nSPS) is 14.2. The molecule has 6 nitrogen and oxygen atoms in total. The van der Waals surface area contributed by atoms with Gasteiger partial charge < -0.3 is 15.2 Å². The van der Waals surface area contributed by atoms with Crippen molar-refractivity contribution in [1.82, 2.24) is 14.9 Å². The fraction of sp³-hybridized carbons (Fsp3) is 0.167. The molecular formula is C18H16N4O2S. The Morgan fingerprint density at radius 1 is 1.24 bits per heavy atom. The molecule has 1 aromatic heterocycles. The first kappa shape index (κ1) is 15.7. The number of aromatic amines is 1. The number of hydrogen-bond donors (Lipinski definition) is 2. The first-order chi connectivity index (χ1) is 12.2. The van der Waals surface area contributed by atoms with E-state index in [1.54, 1.807) is 4.90 Å². The van der Waals surface area contributed by atoms with Crippen molar-refractivity contribution >= 4 is 40.3 Å². The number of carbonyl (C=O) groups excluding carboxylic acids is 2. The number of fused-ring (bicyclic) bond motifs is 1. The van der Waals surface area contributed by atoms with Crippen LogP contribution in [0.4, 0.5) is 5.69 Å². The number of aromatic nitrogens is 2. The Hall–Kier alpha value is -2.80. The minimum absolute atomic E-state index is 0.0103. The Balaban J connectivity index is 1.51. The lowest BCUT2D eigenvalue weighted by molar-refractivity contribution is -0.130. The number of imidazole rings is 1. The quantitative estimate of drug-likeness (QED) is 0.757. The molecule has 1 saturated heterocycles. The lowest BCUT2D eigenvalue weighted by atomic mass is 10.2. The third-order valence-electron chi connectivity index (χ3n) is 3.97. The molecule has 0 atom stereocenters. The smallest absolute Gasteiger partial charge is 0.244 e. The number of rotatable bonds is 4. The predicted molar refractivity (Wildman–Crippen MR) is 99.2 cm³/mol. The van der Waals surface area contributed by atoms with Crippen LogP contribution in [0.1, 0.15) is 0 Å². The van der Waals surface area contributed by atoms with Gasteiger partial charge in [0.2, 0.25) is 11.8 Å². The molecule has 4 rings (SSSR count). The molecule has 0 saturated carbocycles. The van der Waals surface area contributed by atoms with E-state index < -0.39 is 0 Å². The second kappa shape index (κ2) is 6.60. The van der Waals surface area contributed by atoms with Gasteiger partial charge in [0.05, 0.1) is 22.7 Å². The van der Waals surface area contributed by atoms with Crippen molar-refractivity contribution in [1.29, 1.82) is 0 Å². The molecule has 1 aliphatic heterocycles. The Kier molecular flexibility index (Phi) is 4.15. The number of para-hydroxylation sites is 2. The van der Waals surface area contributed by atoms with Crippen LogP contribution in [0.25, 0.3) is 22.4 Å². The summed E-state index contributed by atoms with van der Waals surface area (Å²) in [5, 5.41) is 2.85. The van der Waals surface area contributed by atoms with Crippen LogP contribution in [0.5, 0.6) is 0 Å². The molecule has 0 aliphatic carbocycles. The number of carbonyl (C=O) groups is 2. The van der Waals surface area contributed by atoms with Gasteiger partial charge in [-0.1, -0.05) is 24.3 Å². The minimum Gasteiger partial charge on any atom is -0.338 e. The monoisotopic (exact) mass is 352 g/mol. The highest BCUT2D eigenvalue weighted by Gasteiger charge is 2.22. The first-order valence-electron chi connectivity index (χ1n) is 7.89. The molecule has 0 unspecified atom stereocenters. The molecule has 2 amide bonds. The molecule has 126 valence electrons. The zero-order valence-corrected chi connectivity index (χ0v) is 14.2. The van der Waals surface area contributed by atoms with Gasteiger partial charge in [0.1, 0.15) is 12.4 Å². The Morgan fingerprint density at radius 2 is 2.12 bits per heavy atom. The third-order valence-corrected chi connectivity index (χ3v) is 4.91. The Bertz CT molecular complexity index is 920. The van der Waals surface area contributed by atoms with Crippen molar-refractivity contribution < 1.29 is 9.59 Å². The van der Waals surface area contributed by atoms with Gasteiger partial charge in [0, 0.05) is 11.3 Å². The van der Waals surface area contributed by atoms with E-state index in [1.807, 2.05) is 48.5 Å². The van der Waals surface area contributed by atoms with Crippen LogP contribution in [0.2, 0.25) is 0 Å². The molecule has 1 fully saturated rings. The van der Waals surface area contributed by atoms with Crippen LogP contribution < -0.4 is 5.32 Å². The fourth-order valence-electron chi connectivity index (χ4n) is 2.75. The highest BCUT2D eigenvalue weighted by Crippen LogP contribution is 2.23. The van der Waals surface area contributed by atoms with Crippen LogP contribution in [0.15, 0.2) is 48.5 Å². The highest BCUT2D eigenvalue weighted by atomic mass is 32.2. The molecule has 0 bridgehead atoms. The number of H-pyrrole nitrogens is 1. The second-order valence-corrected chi connectivity index (χ2v) is 6.76. The summed E-state index contributed by atoms with van der Waals surface area (Å²) in [6, 6.07) is 15.3. The van der Waals surface area contributed by atoms with Crippen molar-refractivity contribution in [2.45, 2.75) is 0 Å². The number of benzene rings is 2. The van der Waals surface area contributed by atoms with Crippen LogP contribution in [0, 0.1) is 0 Å². The van der Waals surface area contributed by atoms with E-state index in [2.05, 4.69) is 15.3 Å². The Morgan fingerprint density at radius 3 is 2.92 bits per heavy atom. The summed E-state index contributed by atoms with van der Waals surface area (Å²) < 4.78 is 0. The summed E-state index contributed by atoms with van der Waals surface area (Å²) >= 11 is 1.52. The zero-order chi connectivity index (χ0) is 17.2. The number of nitrogens with one attached hydrogen (secondary N) is 2. The predicted octanol–water partition coefficient (Wildman–Crippen LogP) is 2.70. The SMILES string of the molecule is O=C(CN1CSCC1=O)Nc1cccc(-c2nc3ccccc3[nH]2)c1. The highest BCUT2D eigenvalue weighted by molar-refractivity contribution is 8.00. The summed E-state index contributed by atoms with van der Waals surface area (Å²) in [5.41, 5.74) is 3.44. The number of hydrogen-bond acceptors (Lipinski definition) is 4. The third kappa shape index (κ3) is 3.36. The van der Waals surface area contributed by atoms with E-state index in [0.29, 0.717) is 17.3 Å². The summed E-state index contributed by atoms with van der Waals surface area (Å²) in [5.74, 6) is 1.59. The van der Waals surface area contributed by atoms with Gasteiger partial charge in [-0.15, -0.1) is 11.8 Å². The van der Waals surface area contributed by atoms with Gasteiger partial charge in [0.15, 0.2) is 0 Å². The number of anilines is 1. The Labute approximate surface area is 148 Å². The molecule has 3 aromatic rings. The van der Waals surface area contributed by atoms with Gasteiger partial charge in [0.25, 0.3) is 0 Å². The molecule has 2 N–H and O–H groups in total. The van der Waals surface area contributed by atoms with Crippen LogP contribution in [-0.2, 0) is 9.59 Å². The van der Waals surface area contributed by atoms with Crippen molar-refractivity contribution in [3.8, 4) is 11.4 Å². The second-order valence-electron chi connectivity index (χ2n) is 5.80. The van der Waals surface area contributed by atoms with E-state index in [-0.39, 0.29) is 18.4 Å². The molecule has 25 heavy (non-hydrogen) atoms. The van der Waals surface area contributed by atoms with Crippen molar-refractivity contribution in [2.75, 3.05) is 23.5 Å². The van der Waals surface area contributed by atoms with E-state index in [9.17, 15) is 9.59 Å². The van der Waals surface area contributed by atoms with Crippen molar-refractivity contribution in [3.63, 3.8) is 0 Å². The maximum Gasteiger partial charge on any atom is 0.244 e.